The molecule has 1 aromatic rings. The molecule has 2 aliphatic heterocycles. The fourth-order valence-electron chi connectivity index (χ4n) is 3.74. The summed E-state index contributed by atoms with van der Waals surface area (Å²) in [6, 6.07) is 2.00. The van der Waals surface area contributed by atoms with E-state index >= 15 is 0 Å². The van der Waals surface area contributed by atoms with Crippen LogP contribution in [0.5, 0.6) is 0 Å². The summed E-state index contributed by atoms with van der Waals surface area (Å²) in [7, 11) is 0. The van der Waals surface area contributed by atoms with E-state index in [1.807, 2.05) is 13.0 Å². The lowest BCUT2D eigenvalue weighted by Crippen LogP contribution is -2.54. The van der Waals surface area contributed by atoms with Crippen LogP contribution < -0.4 is 0 Å². The Balaban J connectivity index is 1.47. The number of piperazine rings is 1. The molecule has 1 aromatic heterocycles. The normalized spacial score (nSPS) is 22.3. The summed E-state index contributed by atoms with van der Waals surface area (Å²) in [5.41, 5.74) is 0.995. The molecule has 0 aliphatic carbocycles. The monoisotopic (exact) mass is 334 g/mol. The van der Waals surface area contributed by atoms with Gasteiger partial charge in [-0.1, -0.05) is 18.0 Å². The van der Waals surface area contributed by atoms with E-state index in [0.29, 0.717) is 5.91 Å². The Morgan fingerprint density at radius 3 is 2.38 bits per heavy atom. The molecule has 24 heavy (non-hydrogen) atoms. The molecule has 1 atom stereocenters. The van der Waals surface area contributed by atoms with Crippen molar-refractivity contribution in [1.82, 2.24) is 19.9 Å². The second-order valence-corrected chi connectivity index (χ2v) is 7.16. The van der Waals surface area contributed by atoms with Gasteiger partial charge in [0, 0.05) is 51.9 Å². The predicted octanol–water partition coefficient (Wildman–Crippen LogP) is 1.89. The molecule has 0 spiro atoms. The standard InChI is InChI=1S/C18H30N4O2/c1-15-13-17(19-24-15)14-20-9-11-21(12-10-20)16(2)18(23)22-7-5-3-4-6-8-22/h13,16H,3-12,14H2,1-2H3. The Labute approximate surface area is 144 Å². The maximum atomic E-state index is 12.8. The van der Waals surface area contributed by atoms with Gasteiger partial charge >= 0.3 is 0 Å². The van der Waals surface area contributed by atoms with Crippen molar-refractivity contribution in [3.8, 4) is 0 Å². The molecule has 0 bridgehead atoms. The highest BCUT2D eigenvalue weighted by atomic mass is 16.5. The van der Waals surface area contributed by atoms with E-state index in [4.69, 9.17) is 4.52 Å². The molecule has 0 aromatic carbocycles. The van der Waals surface area contributed by atoms with Gasteiger partial charge in [-0.25, -0.2) is 0 Å². The van der Waals surface area contributed by atoms with Gasteiger partial charge in [0.1, 0.15) is 5.76 Å². The van der Waals surface area contributed by atoms with Crippen LogP contribution in [0.25, 0.3) is 0 Å². The van der Waals surface area contributed by atoms with Crippen LogP contribution in [-0.4, -0.2) is 71.1 Å². The lowest BCUT2D eigenvalue weighted by atomic mass is 10.2. The van der Waals surface area contributed by atoms with Crippen molar-refractivity contribution in [1.29, 1.82) is 0 Å². The number of hydrogen-bond donors (Lipinski definition) is 0. The van der Waals surface area contributed by atoms with E-state index in [9.17, 15) is 4.79 Å². The lowest BCUT2D eigenvalue weighted by molar-refractivity contribution is -0.137. The fraction of sp³-hybridized carbons (Fsp3) is 0.778. The minimum atomic E-state index is -0.000422. The molecule has 1 amide bonds. The van der Waals surface area contributed by atoms with Crippen molar-refractivity contribution < 1.29 is 9.32 Å². The highest BCUT2D eigenvalue weighted by molar-refractivity contribution is 5.81. The van der Waals surface area contributed by atoms with E-state index in [2.05, 4.69) is 26.8 Å². The number of nitrogens with zero attached hydrogens (tertiary/aromatic N) is 4. The van der Waals surface area contributed by atoms with Gasteiger partial charge in [-0.05, 0) is 26.7 Å². The molecule has 0 N–H and O–H groups in total. The average molecular weight is 334 g/mol. The molecule has 3 rings (SSSR count). The van der Waals surface area contributed by atoms with E-state index in [1.165, 1.54) is 12.8 Å². The van der Waals surface area contributed by atoms with Gasteiger partial charge in [0.25, 0.3) is 0 Å². The van der Waals surface area contributed by atoms with Gasteiger partial charge in [0.2, 0.25) is 5.91 Å². The number of amides is 1. The molecular formula is C18H30N4O2. The Morgan fingerprint density at radius 1 is 1.12 bits per heavy atom. The second-order valence-electron chi connectivity index (χ2n) is 7.16. The van der Waals surface area contributed by atoms with E-state index < -0.39 is 0 Å². The van der Waals surface area contributed by atoms with Crippen LogP contribution in [0.4, 0.5) is 0 Å². The zero-order chi connectivity index (χ0) is 16.9. The van der Waals surface area contributed by atoms with Gasteiger partial charge in [0.15, 0.2) is 0 Å². The number of likely N-dealkylation sites (tertiary alicyclic amines) is 1. The number of aryl methyl sites for hydroxylation is 1. The maximum Gasteiger partial charge on any atom is 0.239 e. The third-order valence-corrected chi connectivity index (χ3v) is 5.29. The number of hydrogen-bond acceptors (Lipinski definition) is 5. The van der Waals surface area contributed by atoms with Crippen molar-refractivity contribution in [2.45, 2.75) is 52.1 Å². The smallest absolute Gasteiger partial charge is 0.239 e. The fourth-order valence-corrected chi connectivity index (χ4v) is 3.74. The van der Waals surface area contributed by atoms with Crippen LogP contribution in [-0.2, 0) is 11.3 Å². The van der Waals surface area contributed by atoms with Crippen molar-refractivity contribution in [3.63, 3.8) is 0 Å². The molecule has 0 radical (unpaired) electrons. The Bertz CT molecular complexity index is 529. The minimum absolute atomic E-state index is 0.000422. The number of rotatable bonds is 4. The third-order valence-electron chi connectivity index (χ3n) is 5.29. The topological polar surface area (TPSA) is 52.8 Å². The van der Waals surface area contributed by atoms with Gasteiger partial charge in [-0.15, -0.1) is 0 Å². The molecule has 2 fully saturated rings. The average Bonchev–Trinajstić information content (AvgIpc) is 2.84. The highest BCUT2D eigenvalue weighted by Gasteiger charge is 2.29. The van der Waals surface area contributed by atoms with E-state index in [1.54, 1.807) is 0 Å². The first kappa shape index (κ1) is 17.4. The first-order valence-electron chi connectivity index (χ1n) is 9.31. The molecule has 134 valence electrons. The second kappa shape index (κ2) is 8.12. The Hall–Kier alpha value is -1.40. The van der Waals surface area contributed by atoms with Crippen LogP contribution in [0.15, 0.2) is 10.6 Å². The summed E-state index contributed by atoms with van der Waals surface area (Å²) in [6.45, 7) is 10.5. The van der Waals surface area contributed by atoms with Crippen LogP contribution in [0.3, 0.4) is 0 Å². The lowest BCUT2D eigenvalue weighted by Gasteiger charge is -2.38. The summed E-state index contributed by atoms with van der Waals surface area (Å²) in [6.07, 6.45) is 4.84. The van der Waals surface area contributed by atoms with Crippen molar-refractivity contribution in [2.75, 3.05) is 39.3 Å². The molecule has 6 heteroatoms. The van der Waals surface area contributed by atoms with Crippen LogP contribution >= 0.6 is 0 Å². The van der Waals surface area contributed by atoms with Crippen LogP contribution in [0, 0.1) is 6.92 Å². The van der Waals surface area contributed by atoms with Crippen LogP contribution in [0.1, 0.15) is 44.1 Å². The summed E-state index contributed by atoms with van der Waals surface area (Å²) < 4.78 is 5.14. The minimum Gasteiger partial charge on any atom is -0.361 e. The molecule has 6 nitrogen and oxygen atoms in total. The molecule has 2 saturated heterocycles. The summed E-state index contributed by atoms with van der Waals surface area (Å²) in [5, 5.41) is 4.07. The van der Waals surface area contributed by atoms with E-state index in [0.717, 1.165) is 70.1 Å². The highest BCUT2D eigenvalue weighted by Crippen LogP contribution is 2.15. The molecule has 2 aliphatic rings. The molecular weight excluding hydrogens is 304 g/mol. The summed E-state index contributed by atoms with van der Waals surface area (Å²) >= 11 is 0. The van der Waals surface area contributed by atoms with Gasteiger partial charge in [-0.3, -0.25) is 14.6 Å². The molecule has 0 saturated carbocycles. The summed E-state index contributed by atoms with van der Waals surface area (Å²) in [5.74, 6) is 1.18. The third kappa shape index (κ3) is 4.36. The molecule has 3 heterocycles. The maximum absolute atomic E-state index is 12.8. The zero-order valence-electron chi connectivity index (χ0n) is 15.0. The first-order valence-corrected chi connectivity index (χ1v) is 9.31. The Morgan fingerprint density at radius 2 is 1.79 bits per heavy atom. The number of aromatic nitrogens is 1. The quantitative estimate of drug-likeness (QED) is 0.842. The largest absolute Gasteiger partial charge is 0.361 e. The van der Waals surface area contributed by atoms with E-state index in [-0.39, 0.29) is 6.04 Å². The summed E-state index contributed by atoms with van der Waals surface area (Å²) in [4.78, 5) is 19.6. The number of carbonyl (C=O) groups is 1. The Kier molecular flexibility index (Phi) is 5.89. The first-order chi connectivity index (χ1) is 11.6. The number of carbonyl (C=O) groups excluding carboxylic acids is 1. The van der Waals surface area contributed by atoms with Gasteiger partial charge in [0.05, 0.1) is 11.7 Å². The van der Waals surface area contributed by atoms with Gasteiger partial charge in [-0.2, -0.15) is 0 Å². The predicted molar refractivity (Wildman–Crippen MR) is 92.6 cm³/mol. The SMILES string of the molecule is Cc1cc(CN2CCN(C(C)C(=O)N3CCCCCC3)CC2)no1. The van der Waals surface area contributed by atoms with Gasteiger partial charge < -0.3 is 9.42 Å². The zero-order valence-corrected chi connectivity index (χ0v) is 15.0. The van der Waals surface area contributed by atoms with Crippen molar-refractivity contribution in [3.05, 3.63) is 17.5 Å². The van der Waals surface area contributed by atoms with Crippen LogP contribution in [0.2, 0.25) is 0 Å². The molecule has 1 unspecified atom stereocenters. The van der Waals surface area contributed by atoms with Crippen molar-refractivity contribution in [2.24, 2.45) is 0 Å². The van der Waals surface area contributed by atoms with Crippen molar-refractivity contribution >= 4 is 5.91 Å².